The average Bonchev–Trinajstić information content (AvgIpc) is 2.19. The zero-order valence-corrected chi connectivity index (χ0v) is 7.92. The predicted octanol–water partition coefficient (Wildman–Crippen LogP) is 2.79. The van der Waals surface area contributed by atoms with Gasteiger partial charge >= 0.3 is 0 Å². The summed E-state index contributed by atoms with van der Waals surface area (Å²) in [5, 5.41) is 0. The zero-order valence-electron chi connectivity index (χ0n) is 7.92. The van der Waals surface area contributed by atoms with Crippen molar-refractivity contribution in [3.8, 4) is 0 Å². The second kappa shape index (κ2) is 5.34. The summed E-state index contributed by atoms with van der Waals surface area (Å²) in [5.41, 5.74) is 2.15. The van der Waals surface area contributed by atoms with Crippen molar-refractivity contribution in [2.45, 2.75) is 26.2 Å². The Morgan fingerprint density at radius 1 is 1.31 bits per heavy atom. The molecule has 13 heavy (non-hydrogen) atoms. The van der Waals surface area contributed by atoms with Gasteiger partial charge in [-0.3, -0.25) is 0 Å². The molecule has 0 N–H and O–H groups in total. The second-order valence-electron chi connectivity index (χ2n) is 3.22. The quantitative estimate of drug-likeness (QED) is 0.641. The maximum Gasteiger partial charge on any atom is 0.123 e. The first-order chi connectivity index (χ1) is 6.33. The second-order valence-corrected chi connectivity index (χ2v) is 3.22. The first kappa shape index (κ1) is 9.76. The molecule has 0 amide bonds. The van der Waals surface area contributed by atoms with Gasteiger partial charge in [-0.15, -0.1) is 0 Å². The zero-order chi connectivity index (χ0) is 9.52. The van der Waals surface area contributed by atoms with E-state index in [1.165, 1.54) is 5.56 Å². The molecule has 0 heterocycles. The lowest BCUT2D eigenvalue weighted by molar-refractivity contribution is 0.565. The van der Waals surface area contributed by atoms with Crippen molar-refractivity contribution in [2.75, 3.05) is 0 Å². The van der Waals surface area contributed by atoms with Gasteiger partial charge in [0.05, 0.1) is 0 Å². The van der Waals surface area contributed by atoms with Crippen molar-refractivity contribution in [3.63, 3.8) is 0 Å². The lowest BCUT2D eigenvalue weighted by atomic mass is 10.1. The van der Waals surface area contributed by atoms with E-state index >= 15 is 0 Å². The molecule has 68 valence electrons. The third-order valence-electron chi connectivity index (χ3n) is 2.03. The molecule has 1 rings (SSSR count). The fraction of sp³-hybridized carbons (Fsp3) is 0.333. The van der Waals surface area contributed by atoms with Crippen molar-refractivity contribution in [1.29, 1.82) is 0 Å². The van der Waals surface area contributed by atoms with Gasteiger partial charge in [0.15, 0.2) is 0 Å². The highest BCUT2D eigenvalue weighted by molar-refractivity contribution is 5.50. The number of hydrogen-bond donors (Lipinski definition) is 0. The number of benzene rings is 1. The van der Waals surface area contributed by atoms with Crippen LogP contribution in [0.4, 0.5) is 0 Å². The van der Waals surface area contributed by atoms with Crippen LogP contribution < -0.4 is 0 Å². The maximum atomic E-state index is 10.2. The Kier molecular flexibility index (Phi) is 4.01. The van der Waals surface area contributed by atoms with Crippen molar-refractivity contribution in [2.24, 2.45) is 0 Å². The average molecular weight is 174 g/mol. The van der Waals surface area contributed by atoms with Crippen molar-refractivity contribution >= 4 is 5.94 Å². The number of hydrogen-bond acceptors (Lipinski definition) is 1. The third kappa shape index (κ3) is 3.73. The fourth-order valence-corrected chi connectivity index (χ4v) is 1.25. The summed E-state index contributed by atoms with van der Waals surface area (Å²) in [7, 11) is 0. The molecule has 0 bridgehead atoms. The van der Waals surface area contributed by atoms with E-state index in [0.29, 0.717) is 0 Å². The Bertz CT molecular complexity index is 294. The minimum atomic E-state index is 0.816. The summed E-state index contributed by atoms with van der Waals surface area (Å²) in [6.45, 7) is 1.83. The van der Waals surface area contributed by atoms with Gasteiger partial charge in [-0.2, -0.15) is 0 Å². The van der Waals surface area contributed by atoms with Gasteiger partial charge in [-0.25, -0.2) is 4.79 Å². The van der Waals surface area contributed by atoms with Crippen LogP contribution in [0.1, 0.15) is 25.3 Å². The SMILES string of the molecule is CC(=C=O)CCCc1ccccc1. The van der Waals surface area contributed by atoms with Gasteiger partial charge in [0.25, 0.3) is 0 Å². The number of aryl methyl sites for hydroxylation is 1. The third-order valence-corrected chi connectivity index (χ3v) is 2.03. The number of rotatable bonds is 4. The highest BCUT2D eigenvalue weighted by atomic mass is 16.1. The Balaban J connectivity index is 2.32. The molecule has 0 aliphatic heterocycles. The molecule has 0 saturated heterocycles. The normalized spacial score (nSPS) is 9.31. The van der Waals surface area contributed by atoms with E-state index in [9.17, 15) is 4.79 Å². The standard InChI is InChI=1S/C12H14O/c1-11(10-13)6-5-9-12-7-3-2-4-8-12/h2-4,7-8H,5-6,9H2,1H3. The molecule has 0 unspecified atom stereocenters. The largest absolute Gasteiger partial charge is 0.234 e. The Labute approximate surface area is 79.1 Å². The van der Waals surface area contributed by atoms with Crippen LogP contribution in [0.3, 0.4) is 0 Å². The molecule has 0 saturated carbocycles. The lowest BCUT2D eigenvalue weighted by Gasteiger charge is -1.99. The molecular formula is C12H14O. The van der Waals surface area contributed by atoms with E-state index in [-0.39, 0.29) is 0 Å². The molecule has 1 heteroatoms. The minimum Gasteiger partial charge on any atom is -0.234 e. The first-order valence-electron chi connectivity index (χ1n) is 4.57. The fourth-order valence-electron chi connectivity index (χ4n) is 1.25. The summed E-state index contributed by atoms with van der Waals surface area (Å²) in [5.74, 6) is 1.92. The van der Waals surface area contributed by atoms with Crippen LogP contribution in [0.15, 0.2) is 35.9 Å². The van der Waals surface area contributed by atoms with Crippen molar-refractivity contribution in [1.82, 2.24) is 0 Å². The molecule has 0 spiro atoms. The molecular weight excluding hydrogens is 160 g/mol. The maximum absolute atomic E-state index is 10.2. The van der Waals surface area contributed by atoms with Crippen LogP contribution in [0, 0.1) is 0 Å². The summed E-state index contributed by atoms with van der Waals surface area (Å²) < 4.78 is 0. The first-order valence-corrected chi connectivity index (χ1v) is 4.57. The van der Waals surface area contributed by atoms with Gasteiger partial charge in [0, 0.05) is 5.57 Å². The summed E-state index contributed by atoms with van der Waals surface area (Å²) in [6, 6.07) is 10.3. The van der Waals surface area contributed by atoms with E-state index in [2.05, 4.69) is 12.1 Å². The summed E-state index contributed by atoms with van der Waals surface area (Å²) >= 11 is 0. The molecule has 0 atom stereocenters. The topological polar surface area (TPSA) is 17.1 Å². The number of carbonyl (C=O) groups excluding carboxylic acids is 1. The van der Waals surface area contributed by atoms with Crippen LogP contribution in [0.2, 0.25) is 0 Å². The van der Waals surface area contributed by atoms with Crippen molar-refractivity contribution in [3.05, 3.63) is 41.5 Å². The monoisotopic (exact) mass is 174 g/mol. The van der Waals surface area contributed by atoms with Gasteiger partial charge in [-0.1, -0.05) is 30.3 Å². The highest BCUT2D eigenvalue weighted by Gasteiger charge is 1.93. The van der Waals surface area contributed by atoms with Gasteiger partial charge in [0.2, 0.25) is 0 Å². The Morgan fingerprint density at radius 3 is 2.62 bits per heavy atom. The summed E-state index contributed by atoms with van der Waals surface area (Å²) in [6.07, 6.45) is 2.93. The van der Waals surface area contributed by atoms with Crippen LogP contribution in [0.5, 0.6) is 0 Å². The molecule has 1 aromatic carbocycles. The highest BCUT2D eigenvalue weighted by Crippen LogP contribution is 2.07. The van der Waals surface area contributed by atoms with E-state index in [1.807, 2.05) is 31.1 Å². The smallest absolute Gasteiger partial charge is 0.123 e. The van der Waals surface area contributed by atoms with E-state index < -0.39 is 0 Å². The van der Waals surface area contributed by atoms with Crippen molar-refractivity contribution < 1.29 is 4.79 Å². The van der Waals surface area contributed by atoms with Crippen LogP contribution in [0.25, 0.3) is 0 Å². The summed E-state index contributed by atoms with van der Waals surface area (Å²) in [4.78, 5) is 10.2. The van der Waals surface area contributed by atoms with Gasteiger partial charge < -0.3 is 0 Å². The van der Waals surface area contributed by atoms with Crippen LogP contribution in [-0.4, -0.2) is 5.94 Å². The lowest BCUT2D eigenvalue weighted by Crippen LogP contribution is -1.86. The van der Waals surface area contributed by atoms with Gasteiger partial charge in [0.1, 0.15) is 5.94 Å². The van der Waals surface area contributed by atoms with E-state index in [1.54, 1.807) is 0 Å². The molecule has 1 aromatic rings. The number of allylic oxidation sites excluding steroid dienone is 1. The molecule has 1 nitrogen and oxygen atoms in total. The Hall–Kier alpha value is -1.33. The minimum absolute atomic E-state index is 0.816. The van der Waals surface area contributed by atoms with E-state index in [4.69, 9.17) is 0 Å². The molecule has 0 aliphatic carbocycles. The van der Waals surface area contributed by atoms with Crippen LogP contribution in [-0.2, 0) is 11.2 Å². The van der Waals surface area contributed by atoms with Crippen LogP contribution >= 0.6 is 0 Å². The molecule has 0 radical (unpaired) electrons. The predicted molar refractivity (Wildman–Crippen MR) is 54.3 cm³/mol. The van der Waals surface area contributed by atoms with Gasteiger partial charge in [-0.05, 0) is 31.7 Å². The van der Waals surface area contributed by atoms with E-state index in [0.717, 1.165) is 24.8 Å². The Morgan fingerprint density at radius 2 is 2.00 bits per heavy atom. The molecule has 0 fully saturated rings. The molecule has 0 aromatic heterocycles. The molecule has 0 aliphatic rings.